The maximum absolute atomic E-state index is 12.5. The molecule has 0 saturated heterocycles. The molecular weight excluding hydrogens is 376 g/mol. The maximum Gasteiger partial charge on any atom is 0.269 e. The molecule has 0 amide bonds. The van der Waals surface area contributed by atoms with Gasteiger partial charge in [0, 0.05) is 24.2 Å². The van der Waals surface area contributed by atoms with Crippen LogP contribution in [0.4, 0.5) is 5.69 Å². The zero-order chi connectivity index (χ0) is 21.1. The van der Waals surface area contributed by atoms with Gasteiger partial charge in [0.05, 0.1) is 36.6 Å². The van der Waals surface area contributed by atoms with E-state index in [9.17, 15) is 14.9 Å². The number of methoxy groups -OCH3 is 2. The highest BCUT2D eigenvalue weighted by Gasteiger charge is 2.17. The number of benzene rings is 2. The Hall–Kier alpha value is -3.46. The molecule has 2 aromatic carbocycles. The topological polar surface area (TPSA) is 111 Å². The number of aromatic nitrogens is 2. The number of nitro groups is 1. The first-order valence-corrected chi connectivity index (χ1v) is 8.93. The van der Waals surface area contributed by atoms with Crippen LogP contribution >= 0.6 is 0 Å². The molecule has 1 N–H and O–H groups in total. The monoisotopic (exact) mass is 398 g/mol. The first kappa shape index (κ1) is 20.3. The first-order chi connectivity index (χ1) is 13.8. The molecule has 9 nitrogen and oxygen atoms in total. The number of non-ortho nitro benzene ring substituents is 1. The Morgan fingerprint density at radius 2 is 1.90 bits per heavy atom. The summed E-state index contributed by atoms with van der Waals surface area (Å²) in [5, 5.41) is 11.4. The molecule has 0 aliphatic rings. The molecule has 1 heterocycles. The lowest BCUT2D eigenvalue weighted by atomic mass is 10.1. The summed E-state index contributed by atoms with van der Waals surface area (Å²) in [5.74, 6) is 1.42. The standard InChI is InChI=1S/C20H22N4O5/c1-12(13-6-5-7-14(8-13)24(26)27)23(2)11-19-21-16-10-18(29-4)17(28-3)9-15(16)20(25)22-19/h5-10,12H,11H2,1-4H3,(H,21,22,25)/t12-/m1/s1. The second-order valence-electron chi connectivity index (χ2n) is 6.68. The third-order valence-corrected chi connectivity index (χ3v) is 4.88. The summed E-state index contributed by atoms with van der Waals surface area (Å²) in [5.41, 5.74) is 1.07. The Bertz CT molecular complexity index is 1110. The Kier molecular flexibility index (Phi) is 5.79. The number of nitrogens with zero attached hydrogens (tertiary/aromatic N) is 3. The molecule has 3 aromatic rings. The van der Waals surface area contributed by atoms with Crippen LogP contribution in [0, 0.1) is 10.1 Å². The van der Waals surface area contributed by atoms with Crippen molar-refractivity contribution in [1.82, 2.24) is 14.9 Å². The highest BCUT2D eigenvalue weighted by molar-refractivity contribution is 5.81. The van der Waals surface area contributed by atoms with Gasteiger partial charge in [0.25, 0.3) is 11.2 Å². The van der Waals surface area contributed by atoms with Crippen LogP contribution in [-0.4, -0.2) is 41.1 Å². The lowest BCUT2D eigenvalue weighted by Gasteiger charge is -2.24. The molecule has 0 radical (unpaired) electrons. The third-order valence-electron chi connectivity index (χ3n) is 4.88. The molecule has 0 aliphatic heterocycles. The summed E-state index contributed by atoms with van der Waals surface area (Å²) in [6.45, 7) is 2.29. The van der Waals surface area contributed by atoms with Crippen LogP contribution in [-0.2, 0) is 6.54 Å². The van der Waals surface area contributed by atoms with Gasteiger partial charge in [0.2, 0.25) is 0 Å². The van der Waals surface area contributed by atoms with E-state index in [2.05, 4.69) is 9.97 Å². The Morgan fingerprint density at radius 1 is 1.21 bits per heavy atom. The summed E-state index contributed by atoms with van der Waals surface area (Å²) in [6.07, 6.45) is 0. The number of nitrogens with one attached hydrogen (secondary N) is 1. The molecule has 0 saturated carbocycles. The van der Waals surface area contributed by atoms with Crippen molar-refractivity contribution >= 4 is 16.6 Å². The van der Waals surface area contributed by atoms with Crippen LogP contribution in [0.2, 0.25) is 0 Å². The van der Waals surface area contributed by atoms with E-state index < -0.39 is 4.92 Å². The predicted octanol–water partition coefficient (Wildman–Crippen LogP) is 3.04. The van der Waals surface area contributed by atoms with Crippen LogP contribution in [0.1, 0.15) is 24.4 Å². The summed E-state index contributed by atoms with van der Waals surface area (Å²) in [4.78, 5) is 32.4. The van der Waals surface area contributed by atoms with Crippen molar-refractivity contribution in [2.24, 2.45) is 0 Å². The molecule has 152 valence electrons. The minimum atomic E-state index is -0.416. The third kappa shape index (κ3) is 4.19. The predicted molar refractivity (Wildman–Crippen MR) is 108 cm³/mol. The van der Waals surface area contributed by atoms with E-state index in [1.54, 1.807) is 24.3 Å². The van der Waals surface area contributed by atoms with E-state index in [1.165, 1.54) is 20.3 Å². The van der Waals surface area contributed by atoms with E-state index in [4.69, 9.17) is 9.47 Å². The lowest BCUT2D eigenvalue weighted by molar-refractivity contribution is -0.384. The van der Waals surface area contributed by atoms with E-state index >= 15 is 0 Å². The Balaban J connectivity index is 1.90. The summed E-state index contributed by atoms with van der Waals surface area (Å²) < 4.78 is 10.5. The Morgan fingerprint density at radius 3 is 2.55 bits per heavy atom. The zero-order valence-corrected chi connectivity index (χ0v) is 16.6. The van der Waals surface area contributed by atoms with Crippen molar-refractivity contribution in [2.45, 2.75) is 19.5 Å². The highest BCUT2D eigenvalue weighted by Crippen LogP contribution is 2.30. The molecule has 0 aliphatic carbocycles. The number of hydrogen-bond acceptors (Lipinski definition) is 7. The van der Waals surface area contributed by atoms with Gasteiger partial charge in [-0.15, -0.1) is 0 Å². The highest BCUT2D eigenvalue weighted by atomic mass is 16.6. The molecule has 0 spiro atoms. The number of nitro benzene ring substituents is 1. The van der Waals surface area contributed by atoms with Gasteiger partial charge < -0.3 is 14.5 Å². The number of H-pyrrole nitrogens is 1. The summed E-state index contributed by atoms with van der Waals surface area (Å²) in [6, 6.07) is 9.64. The van der Waals surface area contributed by atoms with Crippen LogP contribution in [0.3, 0.4) is 0 Å². The fourth-order valence-electron chi connectivity index (χ4n) is 3.12. The first-order valence-electron chi connectivity index (χ1n) is 8.93. The van der Waals surface area contributed by atoms with Gasteiger partial charge in [0.15, 0.2) is 11.5 Å². The minimum absolute atomic E-state index is 0.0426. The second-order valence-corrected chi connectivity index (χ2v) is 6.68. The number of ether oxygens (including phenoxy) is 2. The van der Waals surface area contributed by atoms with Gasteiger partial charge >= 0.3 is 0 Å². The van der Waals surface area contributed by atoms with Crippen LogP contribution < -0.4 is 15.0 Å². The Labute approximate surface area is 167 Å². The average Bonchev–Trinajstić information content (AvgIpc) is 2.72. The molecular formula is C20H22N4O5. The molecule has 3 rings (SSSR count). The summed E-state index contributed by atoms with van der Waals surface area (Å²) in [7, 11) is 4.89. The quantitative estimate of drug-likeness (QED) is 0.481. The molecule has 1 atom stereocenters. The number of hydrogen-bond donors (Lipinski definition) is 1. The smallest absolute Gasteiger partial charge is 0.269 e. The molecule has 0 fully saturated rings. The maximum atomic E-state index is 12.5. The number of rotatable bonds is 7. The van der Waals surface area contributed by atoms with Crippen molar-refractivity contribution in [3.8, 4) is 11.5 Å². The van der Waals surface area contributed by atoms with Gasteiger partial charge in [-0.1, -0.05) is 12.1 Å². The van der Waals surface area contributed by atoms with Gasteiger partial charge in [0.1, 0.15) is 5.82 Å². The van der Waals surface area contributed by atoms with Crippen molar-refractivity contribution in [3.05, 3.63) is 68.3 Å². The van der Waals surface area contributed by atoms with Crippen molar-refractivity contribution < 1.29 is 14.4 Å². The van der Waals surface area contributed by atoms with Gasteiger partial charge in [-0.3, -0.25) is 19.8 Å². The van der Waals surface area contributed by atoms with E-state index in [0.29, 0.717) is 34.8 Å². The lowest BCUT2D eigenvalue weighted by Crippen LogP contribution is -2.25. The van der Waals surface area contributed by atoms with Crippen LogP contribution in [0.5, 0.6) is 11.5 Å². The number of fused-ring (bicyclic) bond motifs is 1. The van der Waals surface area contributed by atoms with Crippen LogP contribution in [0.15, 0.2) is 41.2 Å². The van der Waals surface area contributed by atoms with Gasteiger partial charge in [-0.2, -0.15) is 0 Å². The van der Waals surface area contributed by atoms with E-state index in [-0.39, 0.29) is 17.3 Å². The fourth-order valence-corrected chi connectivity index (χ4v) is 3.12. The van der Waals surface area contributed by atoms with E-state index in [0.717, 1.165) is 5.56 Å². The normalized spacial score (nSPS) is 12.2. The van der Waals surface area contributed by atoms with Crippen molar-refractivity contribution in [1.29, 1.82) is 0 Å². The van der Waals surface area contributed by atoms with E-state index in [1.807, 2.05) is 24.9 Å². The summed E-state index contributed by atoms with van der Waals surface area (Å²) >= 11 is 0. The van der Waals surface area contributed by atoms with Crippen molar-refractivity contribution in [3.63, 3.8) is 0 Å². The molecule has 0 bridgehead atoms. The fraction of sp³-hybridized carbons (Fsp3) is 0.300. The minimum Gasteiger partial charge on any atom is -0.493 e. The molecule has 9 heteroatoms. The molecule has 0 unspecified atom stereocenters. The molecule has 1 aromatic heterocycles. The molecule has 29 heavy (non-hydrogen) atoms. The van der Waals surface area contributed by atoms with Gasteiger partial charge in [-0.25, -0.2) is 4.98 Å². The number of aromatic amines is 1. The largest absolute Gasteiger partial charge is 0.493 e. The zero-order valence-electron chi connectivity index (χ0n) is 16.6. The average molecular weight is 398 g/mol. The van der Waals surface area contributed by atoms with Crippen molar-refractivity contribution in [2.75, 3.05) is 21.3 Å². The van der Waals surface area contributed by atoms with Crippen LogP contribution in [0.25, 0.3) is 10.9 Å². The SMILES string of the molecule is COc1cc2nc(CN(C)[C@H](C)c3cccc([N+](=O)[O-])c3)[nH]c(=O)c2cc1OC. The second kappa shape index (κ2) is 8.27. The van der Waals surface area contributed by atoms with Gasteiger partial charge in [-0.05, 0) is 25.6 Å².